The minimum absolute atomic E-state index is 0.122. The number of anilines is 1. The van der Waals surface area contributed by atoms with Crippen LogP contribution in [0.3, 0.4) is 0 Å². The van der Waals surface area contributed by atoms with Gasteiger partial charge < -0.3 is 5.73 Å². The summed E-state index contributed by atoms with van der Waals surface area (Å²) in [5.74, 6) is 0.363. The minimum Gasteiger partial charge on any atom is -0.368 e. The molecule has 0 spiro atoms. The molecule has 1 aromatic carbocycles. The highest BCUT2D eigenvalue weighted by atomic mass is 16.3. The van der Waals surface area contributed by atoms with Crippen LogP contribution in [0.4, 0.5) is 5.95 Å². The largest absolute Gasteiger partial charge is 0.368 e. The molecule has 2 aromatic heterocycles. The predicted octanol–water partition coefficient (Wildman–Crippen LogP) is 3.97. The lowest BCUT2D eigenvalue weighted by molar-refractivity contribution is 0.490. The zero-order chi connectivity index (χ0) is 18.1. The molecule has 1 aliphatic carbocycles. The topological polar surface area (TPSA) is 94.1 Å². The van der Waals surface area contributed by atoms with Gasteiger partial charge in [0.1, 0.15) is 6.04 Å². The minimum atomic E-state index is -0.457. The van der Waals surface area contributed by atoms with Gasteiger partial charge in [-0.1, -0.05) is 35.5 Å². The fourth-order valence-electron chi connectivity index (χ4n) is 3.90. The van der Waals surface area contributed by atoms with E-state index in [9.17, 15) is 4.91 Å². The molecule has 130 valence electrons. The van der Waals surface area contributed by atoms with Crippen molar-refractivity contribution in [3.8, 4) is 11.3 Å². The van der Waals surface area contributed by atoms with E-state index in [1.54, 1.807) is 6.20 Å². The molecule has 6 heteroatoms. The Morgan fingerprint density at radius 1 is 1.12 bits per heavy atom. The van der Waals surface area contributed by atoms with Gasteiger partial charge in [0.05, 0.1) is 11.4 Å². The maximum atomic E-state index is 11.5. The number of rotatable bonds is 3. The third kappa shape index (κ3) is 2.83. The second-order valence-electron chi connectivity index (χ2n) is 6.59. The van der Waals surface area contributed by atoms with Crippen molar-refractivity contribution in [2.45, 2.75) is 31.7 Å². The molecule has 0 radical (unpaired) electrons. The quantitative estimate of drug-likeness (QED) is 0.725. The highest BCUT2D eigenvalue weighted by Gasteiger charge is 2.33. The molecular weight excluding hydrogens is 326 g/mol. The lowest BCUT2D eigenvalue weighted by atomic mass is 9.77. The van der Waals surface area contributed by atoms with Crippen LogP contribution in [0.25, 0.3) is 11.3 Å². The van der Waals surface area contributed by atoms with E-state index in [2.05, 4.69) is 32.3 Å². The van der Waals surface area contributed by atoms with Gasteiger partial charge in [0, 0.05) is 23.0 Å². The highest BCUT2D eigenvalue weighted by Crippen LogP contribution is 2.43. The summed E-state index contributed by atoms with van der Waals surface area (Å²) < 4.78 is 0. The van der Waals surface area contributed by atoms with Gasteiger partial charge in [-0.2, -0.15) is 4.91 Å². The second kappa shape index (κ2) is 6.63. The Morgan fingerprint density at radius 2 is 1.92 bits per heavy atom. The Balaban J connectivity index is 1.80. The maximum absolute atomic E-state index is 11.5. The van der Waals surface area contributed by atoms with E-state index in [4.69, 9.17) is 5.73 Å². The van der Waals surface area contributed by atoms with Crippen LogP contribution in [0.2, 0.25) is 0 Å². The Labute approximate surface area is 151 Å². The number of nitroso groups, excluding NO2 is 1. The molecule has 2 N–H and O–H groups in total. The monoisotopic (exact) mass is 345 g/mol. The van der Waals surface area contributed by atoms with E-state index in [1.165, 1.54) is 0 Å². The molecule has 6 nitrogen and oxygen atoms in total. The SMILES string of the molecule is Cc1nc(N)nc2c1C(N=O)CC(c1ccccc1-c1ccccn1)C2. The molecule has 2 heterocycles. The molecule has 2 atom stereocenters. The van der Waals surface area contributed by atoms with Crippen molar-refractivity contribution < 1.29 is 0 Å². The van der Waals surface area contributed by atoms with E-state index in [1.807, 2.05) is 37.3 Å². The normalized spacial score (nSPS) is 19.0. The van der Waals surface area contributed by atoms with Gasteiger partial charge in [0.2, 0.25) is 5.95 Å². The van der Waals surface area contributed by atoms with Gasteiger partial charge in [0.15, 0.2) is 0 Å². The van der Waals surface area contributed by atoms with E-state index < -0.39 is 6.04 Å². The number of nitrogen functional groups attached to an aromatic ring is 1. The van der Waals surface area contributed by atoms with Crippen molar-refractivity contribution in [2.24, 2.45) is 5.18 Å². The smallest absolute Gasteiger partial charge is 0.220 e. The van der Waals surface area contributed by atoms with Crippen LogP contribution in [0.15, 0.2) is 53.8 Å². The van der Waals surface area contributed by atoms with Crippen molar-refractivity contribution in [1.29, 1.82) is 0 Å². The summed E-state index contributed by atoms with van der Waals surface area (Å²) in [6.07, 6.45) is 3.13. The third-order valence-corrected chi connectivity index (χ3v) is 4.98. The van der Waals surface area contributed by atoms with Gasteiger partial charge in [-0.25, -0.2) is 9.97 Å². The maximum Gasteiger partial charge on any atom is 0.220 e. The predicted molar refractivity (Wildman–Crippen MR) is 100 cm³/mol. The van der Waals surface area contributed by atoms with Crippen LogP contribution in [-0.4, -0.2) is 15.0 Å². The Kier molecular flexibility index (Phi) is 4.16. The number of nitrogens with two attached hydrogens (primary N) is 1. The number of aromatic nitrogens is 3. The fourth-order valence-corrected chi connectivity index (χ4v) is 3.90. The first-order chi connectivity index (χ1) is 12.7. The number of hydrogen-bond acceptors (Lipinski definition) is 6. The first-order valence-corrected chi connectivity index (χ1v) is 8.63. The Hall–Kier alpha value is -3.15. The molecule has 0 aliphatic heterocycles. The molecule has 0 bridgehead atoms. The van der Waals surface area contributed by atoms with Gasteiger partial charge in [0.25, 0.3) is 0 Å². The van der Waals surface area contributed by atoms with Gasteiger partial charge in [-0.3, -0.25) is 4.98 Å². The standard InChI is InChI=1S/C20H19N5O/c1-12-19-17(24-20(21)23-12)10-13(11-18(19)25-26)14-6-2-3-7-15(14)16-8-4-5-9-22-16/h2-9,13,18H,10-11H2,1H3,(H2,21,23,24). The van der Waals surface area contributed by atoms with Crippen LogP contribution in [-0.2, 0) is 6.42 Å². The van der Waals surface area contributed by atoms with Crippen molar-refractivity contribution >= 4 is 5.95 Å². The Morgan fingerprint density at radius 3 is 2.69 bits per heavy atom. The molecule has 0 saturated heterocycles. The number of fused-ring (bicyclic) bond motifs is 1. The molecule has 1 aliphatic rings. The summed E-state index contributed by atoms with van der Waals surface area (Å²) in [5, 5.41) is 3.37. The molecule has 26 heavy (non-hydrogen) atoms. The van der Waals surface area contributed by atoms with Gasteiger partial charge in [-0.15, -0.1) is 0 Å². The average Bonchev–Trinajstić information content (AvgIpc) is 2.67. The zero-order valence-corrected chi connectivity index (χ0v) is 14.5. The van der Waals surface area contributed by atoms with Crippen LogP contribution in [0.5, 0.6) is 0 Å². The summed E-state index contributed by atoms with van der Waals surface area (Å²) in [6, 6.07) is 13.6. The molecule has 2 unspecified atom stereocenters. The first kappa shape index (κ1) is 16.3. The number of pyridine rings is 1. The lowest BCUT2D eigenvalue weighted by Gasteiger charge is -2.29. The van der Waals surface area contributed by atoms with E-state index in [0.29, 0.717) is 12.8 Å². The van der Waals surface area contributed by atoms with Crippen molar-refractivity contribution in [3.05, 3.63) is 76.1 Å². The Bertz CT molecular complexity index is 958. The first-order valence-electron chi connectivity index (χ1n) is 8.63. The summed E-state index contributed by atoms with van der Waals surface area (Å²) >= 11 is 0. The van der Waals surface area contributed by atoms with Crippen LogP contribution in [0, 0.1) is 11.8 Å². The summed E-state index contributed by atoms with van der Waals surface area (Å²) in [5.41, 5.74) is 11.4. The van der Waals surface area contributed by atoms with Crippen molar-refractivity contribution in [2.75, 3.05) is 5.73 Å². The zero-order valence-electron chi connectivity index (χ0n) is 14.5. The van der Waals surface area contributed by atoms with E-state index in [0.717, 1.165) is 33.8 Å². The average molecular weight is 345 g/mol. The molecule has 4 rings (SSSR count). The molecular formula is C20H19N5O. The van der Waals surface area contributed by atoms with E-state index in [-0.39, 0.29) is 11.9 Å². The molecule has 0 fully saturated rings. The van der Waals surface area contributed by atoms with Crippen LogP contribution in [0.1, 0.15) is 40.9 Å². The lowest BCUT2D eigenvalue weighted by Crippen LogP contribution is -2.21. The van der Waals surface area contributed by atoms with Crippen molar-refractivity contribution in [1.82, 2.24) is 15.0 Å². The number of aryl methyl sites for hydroxylation is 1. The molecule has 0 amide bonds. The third-order valence-electron chi connectivity index (χ3n) is 4.98. The number of benzene rings is 1. The summed E-state index contributed by atoms with van der Waals surface area (Å²) in [4.78, 5) is 24.6. The van der Waals surface area contributed by atoms with Crippen LogP contribution >= 0.6 is 0 Å². The summed E-state index contributed by atoms with van der Waals surface area (Å²) in [7, 11) is 0. The molecule has 0 saturated carbocycles. The van der Waals surface area contributed by atoms with Gasteiger partial charge in [-0.05, 0) is 43.4 Å². The number of nitrogens with zero attached hydrogens (tertiary/aromatic N) is 4. The number of hydrogen-bond donors (Lipinski definition) is 1. The summed E-state index contributed by atoms with van der Waals surface area (Å²) in [6.45, 7) is 1.86. The second-order valence-corrected chi connectivity index (χ2v) is 6.59. The highest BCUT2D eigenvalue weighted by molar-refractivity contribution is 5.64. The fraction of sp³-hybridized carbons (Fsp3) is 0.250. The molecule has 3 aromatic rings. The van der Waals surface area contributed by atoms with E-state index >= 15 is 0 Å². The van der Waals surface area contributed by atoms with Crippen LogP contribution < -0.4 is 5.73 Å². The van der Waals surface area contributed by atoms with Gasteiger partial charge >= 0.3 is 0 Å². The van der Waals surface area contributed by atoms with Crippen molar-refractivity contribution in [3.63, 3.8) is 0 Å².